The molecule has 1 aliphatic carbocycles. The van der Waals surface area contributed by atoms with Crippen LogP contribution in [0.1, 0.15) is 19.3 Å². The predicted octanol–water partition coefficient (Wildman–Crippen LogP) is 2.22. The lowest BCUT2D eigenvalue weighted by Crippen LogP contribution is -2.44. The average molecular weight is 329 g/mol. The molecule has 0 radical (unpaired) electrons. The number of carbonyl (C=O) groups is 2. The fourth-order valence-electron chi connectivity index (χ4n) is 2.29. The number of hydrogen-bond donors (Lipinski definition) is 3. The number of aliphatic carboxylic acids is 1. The third-order valence-corrected chi connectivity index (χ3v) is 5.42. The first-order chi connectivity index (χ1) is 10.2. The van der Waals surface area contributed by atoms with Crippen LogP contribution in [0, 0.1) is 5.92 Å². The summed E-state index contributed by atoms with van der Waals surface area (Å²) in [5.74, 6) is -1.68. The van der Waals surface area contributed by atoms with E-state index >= 15 is 0 Å². The van der Waals surface area contributed by atoms with Gasteiger partial charge in [0.1, 0.15) is 0 Å². The van der Waals surface area contributed by atoms with E-state index < -0.39 is 38.2 Å². The first-order valence-corrected chi connectivity index (χ1v) is 11.4. The Balaban J connectivity index is 2.56. The fraction of sp³-hybridized carbons (Fsp3) is 0.733. The molecule has 0 heterocycles. The monoisotopic (exact) mass is 329 g/mol. The van der Waals surface area contributed by atoms with E-state index in [1.54, 1.807) is 12.2 Å². The molecule has 0 aromatic heterocycles. The molecule has 0 aromatic carbocycles. The van der Waals surface area contributed by atoms with Crippen LogP contribution < -0.4 is 5.32 Å². The van der Waals surface area contributed by atoms with Crippen molar-refractivity contribution in [3.63, 3.8) is 0 Å². The van der Waals surface area contributed by atoms with Gasteiger partial charge in [0.25, 0.3) is 0 Å². The fourth-order valence-corrected chi connectivity index (χ4v) is 3.01. The maximum Gasteiger partial charge on any atom is 0.407 e. The second-order valence-corrected chi connectivity index (χ2v) is 12.6. The molecular formula is C15H27NO5Si. The van der Waals surface area contributed by atoms with Gasteiger partial charge in [-0.2, -0.15) is 0 Å². The molecule has 7 heteroatoms. The van der Waals surface area contributed by atoms with Crippen LogP contribution in [0.3, 0.4) is 0 Å². The topological polar surface area (TPSA) is 95.9 Å². The van der Waals surface area contributed by atoms with Crippen LogP contribution in [0.25, 0.3) is 0 Å². The van der Waals surface area contributed by atoms with E-state index in [2.05, 4.69) is 25.0 Å². The lowest BCUT2D eigenvalue weighted by atomic mass is 9.89. The number of aliphatic hydroxyl groups is 1. The molecular weight excluding hydrogens is 302 g/mol. The highest BCUT2D eigenvalue weighted by molar-refractivity contribution is 6.76. The van der Waals surface area contributed by atoms with Gasteiger partial charge < -0.3 is 20.3 Å². The van der Waals surface area contributed by atoms with E-state index in [-0.39, 0.29) is 0 Å². The van der Waals surface area contributed by atoms with Crippen LogP contribution in [0.5, 0.6) is 0 Å². The average Bonchev–Trinajstić information content (AvgIpc) is 2.34. The van der Waals surface area contributed by atoms with Gasteiger partial charge in [-0.3, -0.25) is 4.79 Å². The molecule has 3 N–H and O–H groups in total. The summed E-state index contributed by atoms with van der Waals surface area (Å²) in [6.07, 6.45) is 3.24. The Bertz CT molecular complexity index is 419. The highest BCUT2D eigenvalue weighted by atomic mass is 28.3. The Morgan fingerprint density at radius 1 is 1.32 bits per heavy atom. The van der Waals surface area contributed by atoms with Gasteiger partial charge in [-0.1, -0.05) is 31.8 Å². The number of carbonyl (C=O) groups excluding carboxylic acids is 1. The second kappa shape index (κ2) is 8.33. The smallest absolute Gasteiger partial charge is 0.407 e. The minimum Gasteiger partial charge on any atom is -0.481 e. The molecule has 0 unspecified atom stereocenters. The van der Waals surface area contributed by atoms with E-state index in [1.165, 1.54) is 0 Å². The van der Waals surface area contributed by atoms with Crippen LogP contribution in [0.15, 0.2) is 12.2 Å². The second-order valence-electron chi connectivity index (χ2n) is 6.95. The maximum atomic E-state index is 11.8. The number of carboxylic acids is 1. The van der Waals surface area contributed by atoms with Crippen molar-refractivity contribution in [2.24, 2.45) is 5.92 Å². The highest BCUT2D eigenvalue weighted by Crippen LogP contribution is 2.20. The summed E-state index contributed by atoms with van der Waals surface area (Å²) in [5, 5.41) is 21.6. The summed E-state index contributed by atoms with van der Waals surface area (Å²) >= 11 is 0. The molecule has 6 nitrogen and oxygen atoms in total. The molecule has 1 rings (SSSR count). The van der Waals surface area contributed by atoms with E-state index in [4.69, 9.17) is 4.74 Å². The molecule has 0 bridgehead atoms. The third kappa shape index (κ3) is 7.08. The summed E-state index contributed by atoms with van der Waals surface area (Å²) < 4.78 is 5.16. The first kappa shape index (κ1) is 18.7. The quantitative estimate of drug-likeness (QED) is 0.531. The van der Waals surface area contributed by atoms with Gasteiger partial charge in [-0.25, -0.2) is 4.79 Å². The Hall–Kier alpha value is -1.34. The van der Waals surface area contributed by atoms with E-state index in [9.17, 15) is 19.8 Å². The number of ether oxygens (including phenoxy) is 1. The van der Waals surface area contributed by atoms with Crippen LogP contribution in [0.4, 0.5) is 4.79 Å². The molecule has 126 valence electrons. The maximum absolute atomic E-state index is 11.8. The molecule has 0 aliphatic heterocycles. The van der Waals surface area contributed by atoms with Crippen molar-refractivity contribution in [1.82, 2.24) is 5.32 Å². The number of hydrogen-bond acceptors (Lipinski definition) is 4. The minimum atomic E-state index is -1.27. The minimum absolute atomic E-state index is 0.320. The van der Waals surface area contributed by atoms with Crippen LogP contribution in [-0.2, 0) is 9.53 Å². The van der Waals surface area contributed by atoms with Crippen molar-refractivity contribution in [3.8, 4) is 0 Å². The van der Waals surface area contributed by atoms with Gasteiger partial charge in [0.15, 0.2) is 0 Å². The number of aliphatic hydroxyl groups excluding tert-OH is 1. The van der Waals surface area contributed by atoms with Gasteiger partial charge in [-0.05, 0) is 25.3 Å². The van der Waals surface area contributed by atoms with E-state index in [1.807, 2.05) is 0 Å². The lowest BCUT2D eigenvalue weighted by molar-refractivity contribution is -0.143. The van der Waals surface area contributed by atoms with Crippen molar-refractivity contribution in [2.45, 2.75) is 57.1 Å². The summed E-state index contributed by atoms with van der Waals surface area (Å²) in [4.78, 5) is 23.2. The SMILES string of the molecule is C[Si](C)(C)CCOC(=O)N[C@H]1C/C=C/[C@H](O)CC[C@@H]1C(=O)O. The zero-order chi connectivity index (χ0) is 16.8. The Morgan fingerprint density at radius 3 is 2.59 bits per heavy atom. The molecule has 1 aliphatic rings. The third-order valence-electron chi connectivity index (χ3n) is 3.71. The standard InChI is InChI=1S/C15H27NO5Si/c1-22(2,3)10-9-21-15(20)16-13-6-4-5-11(17)7-8-12(13)14(18)19/h4-5,11-13,17H,6-10H2,1-3H3,(H,16,20)(H,18,19)/b5-4+/t11-,12-,13-/m0/s1. The molecule has 1 amide bonds. The Labute approximate surface area is 132 Å². The number of rotatable bonds is 5. The molecule has 0 fully saturated rings. The van der Waals surface area contributed by atoms with E-state index in [0.29, 0.717) is 25.9 Å². The van der Waals surface area contributed by atoms with Crippen molar-refractivity contribution >= 4 is 20.1 Å². The van der Waals surface area contributed by atoms with Crippen molar-refractivity contribution in [1.29, 1.82) is 0 Å². The molecule has 0 spiro atoms. The molecule has 0 saturated carbocycles. The van der Waals surface area contributed by atoms with Crippen LogP contribution in [-0.4, -0.2) is 49.1 Å². The molecule has 0 saturated heterocycles. The van der Waals surface area contributed by atoms with E-state index in [0.717, 1.165) is 6.04 Å². The van der Waals surface area contributed by atoms with Crippen molar-refractivity contribution < 1.29 is 24.5 Å². The first-order valence-electron chi connectivity index (χ1n) is 7.70. The number of carboxylic acid groups (broad SMARTS) is 1. The summed E-state index contributed by atoms with van der Waals surface area (Å²) in [6.45, 7) is 6.94. The highest BCUT2D eigenvalue weighted by Gasteiger charge is 2.30. The van der Waals surface area contributed by atoms with Crippen molar-refractivity contribution in [3.05, 3.63) is 12.2 Å². The summed E-state index contributed by atoms with van der Waals surface area (Å²) in [7, 11) is -1.27. The lowest BCUT2D eigenvalue weighted by Gasteiger charge is -2.26. The normalized spacial score (nSPS) is 27.4. The molecule has 22 heavy (non-hydrogen) atoms. The van der Waals surface area contributed by atoms with Gasteiger partial charge in [0.05, 0.1) is 18.6 Å². The van der Waals surface area contributed by atoms with Crippen LogP contribution >= 0.6 is 0 Å². The van der Waals surface area contributed by atoms with Gasteiger partial charge in [0.2, 0.25) is 0 Å². The number of alkyl carbamates (subject to hydrolysis) is 1. The molecule has 3 atom stereocenters. The van der Waals surface area contributed by atoms with Gasteiger partial charge in [0, 0.05) is 14.1 Å². The predicted molar refractivity (Wildman–Crippen MR) is 86.5 cm³/mol. The van der Waals surface area contributed by atoms with Gasteiger partial charge in [-0.15, -0.1) is 0 Å². The van der Waals surface area contributed by atoms with Crippen LogP contribution in [0.2, 0.25) is 25.7 Å². The molecule has 0 aromatic rings. The largest absolute Gasteiger partial charge is 0.481 e. The van der Waals surface area contributed by atoms with Gasteiger partial charge >= 0.3 is 12.1 Å². The summed E-state index contributed by atoms with van der Waals surface area (Å²) in [5.41, 5.74) is 0. The number of amides is 1. The Morgan fingerprint density at radius 2 is 2.00 bits per heavy atom. The van der Waals surface area contributed by atoms with Crippen molar-refractivity contribution in [2.75, 3.05) is 6.61 Å². The summed E-state index contributed by atoms with van der Waals surface area (Å²) in [6, 6.07) is 0.361. The Kier molecular flexibility index (Phi) is 7.08. The zero-order valence-corrected chi connectivity index (χ0v) is 14.5. The number of nitrogens with one attached hydrogen (secondary N) is 1. The zero-order valence-electron chi connectivity index (χ0n) is 13.5.